The number of rotatable bonds is 3. The van der Waals surface area contributed by atoms with Crippen LogP contribution in [0.15, 0.2) is 4.52 Å². The van der Waals surface area contributed by atoms with Crippen LogP contribution in [0.1, 0.15) is 5.89 Å². The van der Waals surface area contributed by atoms with E-state index >= 15 is 0 Å². The van der Waals surface area contributed by atoms with Crippen LogP contribution in [0.25, 0.3) is 0 Å². The van der Waals surface area contributed by atoms with Gasteiger partial charge in [0.25, 0.3) is 5.95 Å². The van der Waals surface area contributed by atoms with Crippen LogP contribution in [0.4, 0.5) is 5.95 Å². The number of nitrogens with zero attached hydrogens (tertiary/aromatic N) is 3. The van der Waals surface area contributed by atoms with Crippen LogP contribution >= 0.6 is 0 Å². The molecule has 5 heteroatoms. The molecule has 0 amide bonds. The zero-order valence-electron chi connectivity index (χ0n) is 6.74. The van der Waals surface area contributed by atoms with E-state index in [1.807, 2.05) is 14.1 Å². The largest absolute Gasteiger partial charge is 0.344 e. The van der Waals surface area contributed by atoms with Crippen LogP contribution in [0.5, 0.6) is 0 Å². The summed E-state index contributed by atoms with van der Waals surface area (Å²) >= 11 is 0. The summed E-state index contributed by atoms with van der Waals surface area (Å²) in [4.78, 5) is 5.85. The van der Waals surface area contributed by atoms with Gasteiger partial charge >= 0.3 is 0 Å². The fraction of sp³-hybridized carbons (Fsp3) is 0.667. The van der Waals surface area contributed by atoms with Crippen molar-refractivity contribution in [3.05, 3.63) is 5.89 Å². The summed E-state index contributed by atoms with van der Waals surface area (Å²) in [7, 11) is 3.72. The predicted octanol–water partition coefficient (Wildman–Crippen LogP) is -0.363. The van der Waals surface area contributed by atoms with E-state index in [9.17, 15) is 0 Å². The Morgan fingerprint density at radius 2 is 2.27 bits per heavy atom. The van der Waals surface area contributed by atoms with Gasteiger partial charge in [-0.25, -0.2) is 0 Å². The molecule has 1 aromatic rings. The highest BCUT2D eigenvalue weighted by Gasteiger charge is 2.05. The van der Waals surface area contributed by atoms with Gasteiger partial charge < -0.3 is 15.2 Å². The van der Waals surface area contributed by atoms with Crippen molar-refractivity contribution in [1.29, 1.82) is 0 Å². The Labute approximate surface area is 65.2 Å². The molecule has 0 aliphatic carbocycles. The van der Waals surface area contributed by atoms with Crippen LogP contribution in [-0.2, 0) is 6.42 Å². The molecule has 0 saturated carbocycles. The smallest absolute Gasteiger partial charge is 0.265 e. The predicted molar refractivity (Wildman–Crippen MR) is 41.4 cm³/mol. The van der Waals surface area contributed by atoms with Crippen molar-refractivity contribution in [3.8, 4) is 0 Å². The van der Waals surface area contributed by atoms with Crippen LogP contribution in [0, 0.1) is 0 Å². The van der Waals surface area contributed by atoms with E-state index in [0.29, 0.717) is 24.8 Å². The van der Waals surface area contributed by atoms with Gasteiger partial charge in [0.15, 0.2) is 0 Å². The minimum atomic E-state index is 0.537. The molecule has 0 saturated heterocycles. The standard InChI is InChI=1S/C6H12N4O/c1-10(2)6-8-5(3-4-7)11-9-6/h3-4,7H2,1-2H3. The van der Waals surface area contributed by atoms with Crippen LogP contribution in [0.2, 0.25) is 0 Å². The lowest BCUT2D eigenvalue weighted by Crippen LogP contribution is -2.10. The first-order chi connectivity index (χ1) is 5.24. The first-order valence-electron chi connectivity index (χ1n) is 3.44. The van der Waals surface area contributed by atoms with E-state index in [2.05, 4.69) is 10.1 Å². The molecule has 2 N–H and O–H groups in total. The molecule has 0 fully saturated rings. The van der Waals surface area contributed by atoms with Gasteiger partial charge in [0.05, 0.1) is 0 Å². The molecule has 0 aliphatic rings. The molecule has 0 unspecified atom stereocenters. The quantitative estimate of drug-likeness (QED) is 0.647. The zero-order valence-corrected chi connectivity index (χ0v) is 6.74. The average molecular weight is 156 g/mol. The molecule has 1 heterocycles. The molecule has 1 rings (SSSR count). The van der Waals surface area contributed by atoms with Gasteiger partial charge in [0.1, 0.15) is 0 Å². The molecule has 5 nitrogen and oxygen atoms in total. The lowest BCUT2D eigenvalue weighted by molar-refractivity contribution is 0.379. The second kappa shape index (κ2) is 3.34. The van der Waals surface area contributed by atoms with E-state index in [1.54, 1.807) is 4.90 Å². The average Bonchev–Trinajstić information content (AvgIpc) is 2.37. The summed E-state index contributed by atoms with van der Waals surface area (Å²) in [6, 6.07) is 0. The van der Waals surface area contributed by atoms with E-state index in [1.165, 1.54) is 0 Å². The van der Waals surface area contributed by atoms with Gasteiger partial charge in [-0.3, -0.25) is 0 Å². The van der Waals surface area contributed by atoms with Crippen molar-refractivity contribution in [3.63, 3.8) is 0 Å². The highest BCUT2D eigenvalue weighted by molar-refractivity contribution is 5.23. The Balaban J connectivity index is 2.66. The summed E-state index contributed by atoms with van der Waals surface area (Å²) in [6.07, 6.45) is 0.640. The number of hydrogen-bond acceptors (Lipinski definition) is 5. The number of aromatic nitrogens is 2. The SMILES string of the molecule is CN(C)c1noc(CCN)n1. The minimum absolute atomic E-state index is 0.537. The third kappa shape index (κ3) is 1.91. The molecule has 62 valence electrons. The molecule has 0 aliphatic heterocycles. The van der Waals surface area contributed by atoms with Crippen molar-refractivity contribution >= 4 is 5.95 Å². The molecule has 1 aromatic heterocycles. The highest BCUT2D eigenvalue weighted by atomic mass is 16.5. The number of anilines is 1. The normalized spacial score (nSPS) is 10.1. The van der Waals surface area contributed by atoms with Crippen molar-refractivity contribution in [2.45, 2.75) is 6.42 Å². The maximum absolute atomic E-state index is 5.30. The third-order valence-electron chi connectivity index (χ3n) is 1.22. The van der Waals surface area contributed by atoms with Gasteiger partial charge in [-0.2, -0.15) is 4.98 Å². The lowest BCUT2D eigenvalue weighted by atomic mass is 10.4. The van der Waals surface area contributed by atoms with Gasteiger partial charge in [0, 0.05) is 27.1 Å². The molecular weight excluding hydrogens is 144 g/mol. The second-order valence-corrected chi connectivity index (χ2v) is 2.42. The van der Waals surface area contributed by atoms with E-state index in [0.717, 1.165) is 0 Å². The summed E-state index contributed by atoms with van der Waals surface area (Å²) in [5.41, 5.74) is 5.30. The fourth-order valence-corrected chi connectivity index (χ4v) is 0.653. The second-order valence-electron chi connectivity index (χ2n) is 2.42. The molecule has 0 bridgehead atoms. The summed E-state index contributed by atoms with van der Waals surface area (Å²) in [5.74, 6) is 1.18. The van der Waals surface area contributed by atoms with E-state index in [-0.39, 0.29) is 0 Å². The van der Waals surface area contributed by atoms with Crippen molar-refractivity contribution < 1.29 is 4.52 Å². The van der Waals surface area contributed by atoms with Gasteiger partial charge in [-0.05, 0) is 5.16 Å². The third-order valence-corrected chi connectivity index (χ3v) is 1.22. The Morgan fingerprint density at radius 1 is 1.55 bits per heavy atom. The summed E-state index contributed by atoms with van der Waals surface area (Å²) < 4.78 is 4.88. The summed E-state index contributed by atoms with van der Waals surface area (Å²) in [6.45, 7) is 0.537. The van der Waals surface area contributed by atoms with Gasteiger partial charge in [0.2, 0.25) is 5.89 Å². The Bertz CT molecular complexity index is 220. The van der Waals surface area contributed by atoms with E-state index < -0.39 is 0 Å². The molecule has 0 radical (unpaired) electrons. The Hall–Kier alpha value is -1.10. The minimum Gasteiger partial charge on any atom is -0.344 e. The molecule has 11 heavy (non-hydrogen) atoms. The van der Waals surface area contributed by atoms with Gasteiger partial charge in [-0.15, -0.1) is 0 Å². The Kier molecular flexibility index (Phi) is 2.43. The van der Waals surface area contributed by atoms with Crippen molar-refractivity contribution in [2.75, 3.05) is 25.5 Å². The Morgan fingerprint density at radius 3 is 2.73 bits per heavy atom. The molecule has 0 atom stereocenters. The monoisotopic (exact) mass is 156 g/mol. The fourth-order valence-electron chi connectivity index (χ4n) is 0.653. The van der Waals surface area contributed by atoms with Crippen LogP contribution in [-0.4, -0.2) is 30.8 Å². The molecular formula is C6H12N4O. The molecule has 0 spiro atoms. The number of nitrogens with two attached hydrogens (primary N) is 1. The highest BCUT2D eigenvalue weighted by Crippen LogP contribution is 2.04. The van der Waals surface area contributed by atoms with Crippen LogP contribution < -0.4 is 10.6 Å². The lowest BCUT2D eigenvalue weighted by Gasteiger charge is -2.02. The molecule has 0 aromatic carbocycles. The number of hydrogen-bond donors (Lipinski definition) is 1. The summed E-state index contributed by atoms with van der Waals surface area (Å²) in [5, 5.41) is 3.72. The first-order valence-corrected chi connectivity index (χ1v) is 3.44. The first kappa shape index (κ1) is 8.00. The van der Waals surface area contributed by atoms with Gasteiger partial charge in [-0.1, -0.05) is 0 Å². The zero-order chi connectivity index (χ0) is 8.27. The van der Waals surface area contributed by atoms with Crippen molar-refractivity contribution in [1.82, 2.24) is 10.1 Å². The van der Waals surface area contributed by atoms with Crippen LogP contribution in [0.3, 0.4) is 0 Å². The maximum Gasteiger partial charge on any atom is 0.265 e. The maximum atomic E-state index is 5.30. The van der Waals surface area contributed by atoms with E-state index in [4.69, 9.17) is 10.3 Å². The topological polar surface area (TPSA) is 68.2 Å². The van der Waals surface area contributed by atoms with Crippen molar-refractivity contribution in [2.24, 2.45) is 5.73 Å².